The molecule has 0 aliphatic rings. The number of nitrogens with zero attached hydrogens (tertiary/aromatic N) is 3. The van der Waals surface area contributed by atoms with E-state index in [1.165, 1.54) is 21.9 Å². The second-order valence-electron chi connectivity index (χ2n) is 6.49. The number of unbranched alkanes of at least 4 members (excludes halogenated alkanes) is 1. The number of rotatable bonds is 9. The Morgan fingerprint density at radius 1 is 1.25 bits per heavy atom. The van der Waals surface area contributed by atoms with E-state index in [-0.39, 0.29) is 18.1 Å². The standard InChI is InChI=1S/C20H24N4O3S/c1-3-5-10-17(25)21-14-8-6-9-16(11-14)27-13-15-12-19(26)24-20(22-15)28-18(23-24)7-4-2/h6,8-9,11-12H,3-5,7,10,13H2,1-2H3,(H,21,25). The zero-order valence-electron chi connectivity index (χ0n) is 16.1. The van der Waals surface area contributed by atoms with Crippen LogP contribution < -0.4 is 15.6 Å². The predicted octanol–water partition coefficient (Wildman–Crippen LogP) is 3.81. The number of carbonyl (C=O) groups excluding carboxylic acids is 1. The number of nitrogens with one attached hydrogen (secondary N) is 1. The molecule has 0 unspecified atom stereocenters. The molecule has 28 heavy (non-hydrogen) atoms. The molecule has 0 radical (unpaired) electrons. The van der Waals surface area contributed by atoms with Gasteiger partial charge in [0.05, 0.1) is 5.69 Å². The first kappa shape index (κ1) is 20.0. The summed E-state index contributed by atoms with van der Waals surface area (Å²) in [6.45, 7) is 4.29. The summed E-state index contributed by atoms with van der Waals surface area (Å²) in [4.78, 5) is 29.2. The van der Waals surface area contributed by atoms with Crippen LogP contribution in [-0.4, -0.2) is 20.5 Å². The quantitative estimate of drug-likeness (QED) is 0.590. The van der Waals surface area contributed by atoms with Gasteiger partial charge in [-0.05, 0) is 25.0 Å². The number of ether oxygens (including phenoxy) is 1. The van der Waals surface area contributed by atoms with E-state index in [1.807, 2.05) is 12.1 Å². The summed E-state index contributed by atoms with van der Waals surface area (Å²) < 4.78 is 7.11. The van der Waals surface area contributed by atoms with Crippen LogP contribution in [0.3, 0.4) is 0 Å². The molecular weight excluding hydrogens is 376 g/mol. The number of benzene rings is 1. The van der Waals surface area contributed by atoms with Crippen LogP contribution in [-0.2, 0) is 17.8 Å². The minimum absolute atomic E-state index is 0.00721. The third-order valence-electron chi connectivity index (χ3n) is 4.07. The van der Waals surface area contributed by atoms with Crippen molar-refractivity contribution in [2.24, 2.45) is 0 Å². The van der Waals surface area contributed by atoms with Gasteiger partial charge in [-0.1, -0.05) is 37.7 Å². The Kier molecular flexibility index (Phi) is 6.76. The molecule has 0 atom stereocenters. The van der Waals surface area contributed by atoms with E-state index in [9.17, 15) is 9.59 Å². The van der Waals surface area contributed by atoms with E-state index in [1.54, 1.807) is 12.1 Å². The number of aryl methyl sites for hydroxylation is 1. The SMILES string of the molecule is CCCCC(=O)Nc1cccc(OCc2cc(=O)n3nc(CCC)sc3n2)c1. The van der Waals surface area contributed by atoms with Gasteiger partial charge in [-0.3, -0.25) is 9.59 Å². The molecular formula is C20H24N4O3S. The van der Waals surface area contributed by atoms with Crippen molar-refractivity contribution in [3.05, 3.63) is 51.4 Å². The fourth-order valence-electron chi connectivity index (χ4n) is 2.67. The largest absolute Gasteiger partial charge is 0.487 e. The predicted molar refractivity (Wildman–Crippen MR) is 110 cm³/mol. The van der Waals surface area contributed by atoms with Crippen molar-refractivity contribution in [1.82, 2.24) is 14.6 Å². The Morgan fingerprint density at radius 3 is 2.89 bits per heavy atom. The van der Waals surface area contributed by atoms with Gasteiger partial charge >= 0.3 is 0 Å². The molecule has 148 valence electrons. The maximum atomic E-state index is 12.3. The van der Waals surface area contributed by atoms with E-state index in [0.29, 0.717) is 28.5 Å². The number of carbonyl (C=O) groups is 1. The van der Waals surface area contributed by atoms with Crippen molar-refractivity contribution in [2.75, 3.05) is 5.32 Å². The lowest BCUT2D eigenvalue weighted by molar-refractivity contribution is -0.116. The fourth-order valence-corrected chi connectivity index (χ4v) is 3.69. The lowest BCUT2D eigenvalue weighted by atomic mass is 10.2. The zero-order valence-corrected chi connectivity index (χ0v) is 16.9. The average Bonchev–Trinajstić information content (AvgIpc) is 3.08. The van der Waals surface area contributed by atoms with Gasteiger partial charge in [-0.2, -0.15) is 9.61 Å². The van der Waals surface area contributed by atoms with Crippen molar-refractivity contribution in [3.63, 3.8) is 0 Å². The van der Waals surface area contributed by atoms with Crippen LogP contribution in [0, 0.1) is 0 Å². The van der Waals surface area contributed by atoms with Crippen LogP contribution in [0.25, 0.3) is 4.96 Å². The highest BCUT2D eigenvalue weighted by Crippen LogP contribution is 2.19. The Morgan fingerprint density at radius 2 is 2.11 bits per heavy atom. The van der Waals surface area contributed by atoms with E-state index < -0.39 is 0 Å². The molecule has 0 bridgehead atoms. The van der Waals surface area contributed by atoms with Gasteiger partial charge in [0.25, 0.3) is 5.56 Å². The van der Waals surface area contributed by atoms with Gasteiger partial charge in [-0.15, -0.1) is 0 Å². The molecule has 8 heteroatoms. The highest BCUT2D eigenvalue weighted by molar-refractivity contribution is 7.16. The molecule has 3 rings (SSSR count). The highest BCUT2D eigenvalue weighted by Gasteiger charge is 2.09. The van der Waals surface area contributed by atoms with Gasteiger partial charge in [0.15, 0.2) is 0 Å². The molecule has 1 aromatic carbocycles. The van der Waals surface area contributed by atoms with Gasteiger partial charge in [-0.25, -0.2) is 4.98 Å². The van der Waals surface area contributed by atoms with E-state index in [2.05, 4.69) is 29.2 Å². The number of aromatic nitrogens is 3. The molecule has 0 fully saturated rings. The van der Waals surface area contributed by atoms with Crippen LogP contribution in [0.1, 0.15) is 50.2 Å². The summed E-state index contributed by atoms with van der Waals surface area (Å²) in [7, 11) is 0. The van der Waals surface area contributed by atoms with Crippen molar-refractivity contribution < 1.29 is 9.53 Å². The maximum Gasteiger partial charge on any atom is 0.275 e. The highest BCUT2D eigenvalue weighted by atomic mass is 32.1. The molecule has 2 heterocycles. The van der Waals surface area contributed by atoms with Gasteiger partial charge < -0.3 is 10.1 Å². The van der Waals surface area contributed by atoms with Crippen molar-refractivity contribution in [2.45, 2.75) is 52.6 Å². The maximum absolute atomic E-state index is 12.3. The number of hydrogen-bond acceptors (Lipinski definition) is 6. The lowest BCUT2D eigenvalue weighted by Crippen LogP contribution is -2.16. The fraction of sp³-hybridized carbons (Fsp3) is 0.400. The molecule has 0 spiro atoms. The molecule has 0 aliphatic heterocycles. The first-order valence-electron chi connectivity index (χ1n) is 9.50. The smallest absolute Gasteiger partial charge is 0.275 e. The third-order valence-corrected chi connectivity index (χ3v) is 5.03. The molecule has 1 N–H and O–H groups in total. The van der Waals surface area contributed by atoms with Gasteiger partial charge in [0, 0.05) is 30.7 Å². The van der Waals surface area contributed by atoms with Crippen molar-refractivity contribution in [1.29, 1.82) is 0 Å². The second kappa shape index (κ2) is 9.45. The van der Waals surface area contributed by atoms with Crippen molar-refractivity contribution >= 4 is 27.9 Å². The topological polar surface area (TPSA) is 85.6 Å². The summed E-state index contributed by atoms with van der Waals surface area (Å²) >= 11 is 1.43. The van der Waals surface area contributed by atoms with E-state index in [4.69, 9.17) is 4.74 Å². The van der Waals surface area contributed by atoms with Crippen LogP contribution in [0.4, 0.5) is 5.69 Å². The van der Waals surface area contributed by atoms with E-state index in [0.717, 1.165) is 30.7 Å². The number of anilines is 1. The number of fused-ring (bicyclic) bond motifs is 1. The first-order valence-corrected chi connectivity index (χ1v) is 10.3. The van der Waals surface area contributed by atoms with Crippen LogP contribution in [0.2, 0.25) is 0 Å². The Hall–Kier alpha value is -2.74. The first-order chi connectivity index (χ1) is 13.6. The minimum atomic E-state index is -0.209. The Labute approximate surface area is 167 Å². The van der Waals surface area contributed by atoms with Crippen LogP contribution in [0.5, 0.6) is 5.75 Å². The second-order valence-corrected chi connectivity index (χ2v) is 7.53. The molecule has 0 aliphatic carbocycles. The zero-order chi connectivity index (χ0) is 19.9. The monoisotopic (exact) mass is 400 g/mol. The number of hydrogen-bond donors (Lipinski definition) is 1. The van der Waals surface area contributed by atoms with Gasteiger partial charge in [0.2, 0.25) is 10.9 Å². The summed E-state index contributed by atoms with van der Waals surface area (Å²) in [6, 6.07) is 8.65. The minimum Gasteiger partial charge on any atom is -0.487 e. The molecule has 3 aromatic rings. The number of amides is 1. The molecule has 7 nitrogen and oxygen atoms in total. The summed E-state index contributed by atoms with van der Waals surface area (Å²) in [6.07, 6.45) is 4.15. The molecule has 0 saturated heterocycles. The van der Waals surface area contributed by atoms with Crippen LogP contribution in [0.15, 0.2) is 35.1 Å². The Balaban J connectivity index is 1.67. The summed E-state index contributed by atoms with van der Waals surface area (Å²) in [5.41, 5.74) is 1.03. The Bertz CT molecular complexity index is 1010. The normalized spacial score (nSPS) is 10.9. The summed E-state index contributed by atoms with van der Waals surface area (Å²) in [5, 5.41) is 8.07. The average molecular weight is 401 g/mol. The summed E-state index contributed by atoms with van der Waals surface area (Å²) in [5.74, 6) is 0.596. The molecule has 0 saturated carbocycles. The third kappa shape index (κ3) is 5.16. The molecule has 1 amide bonds. The lowest BCUT2D eigenvalue weighted by Gasteiger charge is -2.09. The van der Waals surface area contributed by atoms with Crippen LogP contribution >= 0.6 is 11.3 Å². The van der Waals surface area contributed by atoms with E-state index >= 15 is 0 Å². The van der Waals surface area contributed by atoms with Crippen molar-refractivity contribution in [3.8, 4) is 5.75 Å². The van der Waals surface area contributed by atoms with Gasteiger partial charge in [0.1, 0.15) is 17.4 Å². The molecule has 2 aromatic heterocycles.